The molecule has 0 aromatic heterocycles. The topological polar surface area (TPSA) is 144 Å². The fraction of sp³-hybridized carbons (Fsp3) is 0.756. The SMILES string of the molecule is CC(C)(C)OC(=O)CCN1CCN(CC(=O)OC(C)(C)C)CCN(CC(=O)OC(C)(C)C)CCN(C(CCc2ccc(N)cc2)C(=O)OC(C)(C)C)CC1. The number of hydrogen-bond acceptors (Lipinski definition) is 13. The Morgan fingerprint density at radius 1 is 0.574 bits per heavy atom. The molecule has 0 bridgehead atoms. The molecule has 1 unspecified atom stereocenters. The van der Waals surface area contributed by atoms with E-state index in [1.54, 1.807) is 0 Å². The van der Waals surface area contributed by atoms with Gasteiger partial charge in [0.15, 0.2) is 0 Å². The molecule has 0 aliphatic carbocycles. The normalized spacial score (nSPS) is 17.5. The third-order valence-corrected chi connectivity index (χ3v) is 8.28. The van der Waals surface area contributed by atoms with E-state index in [-0.39, 0.29) is 43.4 Å². The van der Waals surface area contributed by atoms with Crippen molar-refractivity contribution in [2.45, 2.75) is 131 Å². The van der Waals surface area contributed by atoms with Crippen LogP contribution >= 0.6 is 0 Å². The number of nitrogens with two attached hydrogens (primary N) is 1. The van der Waals surface area contributed by atoms with Gasteiger partial charge < -0.3 is 29.6 Å². The highest BCUT2D eigenvalue weighted by Crippen LogP contribution is 2.19. The Balaban J connectivity index is 2.48. The Labute approximate surface area is 325 Å². The summed E-state index contributed by atoms with van der Waals surface area (Å²) in [5.41, 5.74) is 5.10. The minimum atomic E-state index is -0.692. The molecule has 0 spiro atoms. The van der Waals surface area contributed by atoms with Crippen molar-refractivity contribution in [1.29, 1.82) is 0 Å². The van der Waals surface area contributed by atoms with Crippen molar-refractivity contribution >= 4 is 29.6 Å². The lowest BCUT2D eigenvalue weighted by molar-refractivity contribution is -0.162. The first kappa shape index (κ1) is 46.9. The van der Waals surface area contributed by atoms with Gasteiger partial charge in [0, 0.05) is 64.6 Å². The van der Waals surface area contributed by atoms with Gasteiger partial charge in [0.05, 0.1) is 19.5 Å². The summed E-state index contributed by atoms with van der Waals surface area (Å²) < 4.78 is 23.0. The molecule has 0 radical (unpaired) electrons. The Kier molecular flexibility index (Phi) is 17.9. The maximum Gasteiger partial charge on any atom is 0.323 e. The van der Waals surface area contributed by atoms with Crippen LogP contribution in [0.15, 0.2) is 24.3 Å². The highest BCUT2D eigenvalue weighted by atomic mass is 16.6. The van der Waals surface area contributed by atoms with E-state index < -0.39 is 28.4 Å². The zero-order valence-electron chi connectivity index (χ0n) is 35.4. The molecule has 0 saturated carbocycles. The maximum atomic E-state index is 14.0. The van der Waals surface area contributed by atoms with Crippen molar-refractivity contribution in [2.75, 3.05) is 77.7 Å². The molecule has 1 aliphatic rings. The van der Waals surface area contributed by atoms with Gasteiger partial charge in [-0.2, -0.15) is 0 Å². The second-order valence-electron chi connectivity index (χ2n) is 18.3. The molecule has 1 atom stereocenters. The molecular weight excluding hydrogens is 690 g/mol. The fourth-order valence-electron chi connectivity index (χ4n) is 5.97. The standard InChI is InChI=1S/C41H71N5O8/c1-38(2,3)51-34(47)19-20-43-21-22-44(29-35(48)52-39(4,5)6)23-24-45(30-36(49)53-40(7,8)9)26-28-46(27-25-43)33(37(50)54-41(10,11)12)18-15-31-13-16-32(42)17-14-31/h13-14,16-17,33H,15,18-30,42H2,1-12H3. The van der Waals surface area contributed by atoms with Crippen LogP contribution in [-0.4, -0.2) is 144 Å². The Hall–Kier alpha value is -3.26. The molecule has 2 rings (SSSR count). The van der Waals surface area contributed by atoms with Gasteiger partial charge in [-0.3, -0.25) is 33.9 Å². The zero-order valence-corrected chi connectivity index (χ0v) is 35.4. The molecule has 0 amide bonds. The van der Waals surface area contributed by atoms with Crippen LogP contribution in [0.4, 0.5) is 5.69 Å². The van der Waals surface area contributed by atoms with Gasteiger partial charge in [-0.15, -0.1) is 0 Å². The number of anilines is 1. The summed E-state index contributed by atoms with van der Waals surface area (Å²) >= 11 is 0. The van der Waals surface area contributed by atoms with E-state index >= 15 is 0 Å². The lowest BCUT2D eigenvalue weighted by Crippen LogP contribution is -2.52. The number of rotatable bonds is 12. The Morgan fingerprint density at radius 2 is 0.963 bits per heavy atom. The molecule has 2 N–H and O–H groups in total. The van der Waals surface area contributed by atoms with Crippen molar-refractivity contribution in [3.05, 3.63) is 29.8 Å². The van der Waals surface area contributed by atoms with Crippen LogP contribution in [0.1, 0.15) is 101 Å². The third-order valence-electron chi connectivity index (χ3n) is 8.28. The summed E-state index contributed by atoms with van der Waals surface area (Å²) in [7, 11) is 0. The lowest BCUT2D eigenvalue weighted by atomic mass is 10.0. The van der Waals surface area contributed by atoms with Crippen molar-refractivity contribution in [3.8, 4) is 0 Å². The number of carbonyl (C=O) groups is 4. The minimum absolute atomic E-state index is 0.0515. The summed E-state index contributed by atoms with van der Waals surface area (Å²) in [4.78, 5) is 61.4. The summed E-state index contributed by atoms with van der Waals surface area (Å²) in [6.07, 6.45) is 1.33. The predicted octanol–water partition coefficient (Wildman–Crippen LogP) is 4.55. The van der Waals surface area contributed by atoms with Gasteiger partial charge in [0.1, 0.15) is 28.4 Å². The highest BCUT2D eigenvalue weighted by molar-refractivity contribution is 5.76. The van der Waals surface area contributed by atoms with Gasteiger partial charge >= 0.3 is 23.9 Å². The van der Waals surface area contributed by atoms with E-state index in [2.05, 4.69) is 9.80 Å². The van der Waals surface area contributed by atoms with Crippen molar-refractivity contribution in [1.82, 2.24) is 19.6 Å². The summed E-state index contributed by atoms with van der Waals surface area (Å²) in [6, 6.07) is 7.09. The third kappa shape index (κ3) is 21.0. The molecule has 1 saturated heterocycles. The number of nitrogen functional groups attached to an aromatic ring is 1. The van der Waals surface area contributed by atoms with Gasteiger partial charge in [-0.1, -0.05) is 12.1 Å². The Bertz CT molecular complexity index is 1340. The summed E-state index contributed by atoms with van der Waals surface area (Å²) in [5.74, 6) is -1.28. The van der Waals surface area contributed by atoms with Crippen molar-refractivity contribution in [3.63, 3.8) is 0 Å². The summed E-state index contributed by atoms with van der Waals surface area (Å²) in [6.45, 7) is 26.7. The van der Waals surface area contributed by atoms with Crippen LogP contribution in [0.5, 0.6) is 0 Å². The molecule has 13 heteroatoms. The second kappa shape index (κ2) is 20.6. The van der Waals surface area contributed by atoms with Crippen LogP contribution in [0.2, 0.25) is 0 Å². The molecule has 1 fully saturated rings. The molecule has 1 heterocycles. The smallest absolute Gasteiger partial charge is 0.323 e. The Morgan fingerprint density at radius 3 is 1.41 bits per heavy atom. The van der Waals surface area contributed by atoms with Crippen LogP contribution < -0.4 is 5.73 Å². The summed E-state index contributed by atoms with van der Waals surface area (Å²) in [5, 5.41) is 0. The first-order valence-corrected chi connectivity index (χ1v) is 19.4. The van der Waals surface area contributed by atoms with Crippen LogP contribution in [0.25, 0.3) is 0 Å². The average Bonchev–Trinajstić information content (AvgIpc) is 2.97. The number of carbonyl (C=O) groups excluding carboxylic acids is 4. The number of aryl methyl sites for hydroxylation is 1. The zero-order chi connectivity index (χ0) is 40.9. The number of benzene rings is 1. The molecule has 308 valence electrons. The average molecular weight is 762 g/mol. The number of ether oxygens (including phenoxy) is 4. The highest BCUT2D eigenvalue weighted by Gasteiger charge is 2.32. The first-order chi connectivity index (χ1) is 24.8. The van der Waals surface area contributed by atoms with E-state index in [0.29, 0.717) is 77.4 Å². The maximum absolute atomic E-state index is 14.0. The fourth-order valence-corrected chi connectivity index (χ4v) is 5.97. The number of hydrogen-bond donors (Lipinski definition) is 1. The molecular formula is C41H71N5O8. The molecule has 13 nitrogen and oxygen atoms in total. The minimum Gasteiger partial charge on any atom is -0.460 e. The van der Waals surface area contributed by atoms with E-state index in [9.17, 15) is 19.2 Å². The van der Waals surface area contributed by atoms with Crippen molar-refractivity contribution in [2.24, 2.45) is 0 Å². The second-order valence-corrected chi connectivity index (χ2v) is 18.3. The van der Waals surface area contributed by atoms with Gasteiger partial charge in [0.25, 0.3) is 0 Å². The van der Waals surface area contributed by atoms with Crippen molar-refractivity contribution < 1.29 is 38.1 Å². The molecule has 1 aromatic carbocycles. The van der Waals surface area contributed by atoms with Gasteiger partial charge in [0.2, 0.25) is 0 Å². The van der Waals surface area contributed by atoms with Gasteiger partial charge in [-0.05, 0) is 114 Å². The quantitative estimate of drug-likeness (QED) is 0.181. The molecule has 54 heavy (non-hydrogen) atoms. The molecule has 1 aliphatic heterocycles. The first-order valence-electron chi connectivity index (χ1n) is 19.4. The largest absolute Gasteiger partial charge is 0.460 e. The van der Waals surface area contributed by atoms with E-state index in [0.717, 1.165) is 5.56 Å². The van der Waals surface area contributed by atoms with Crippen LogP contribution in [0, 0.1) is 0 Å². The van der Waals surface area contributed by atoms with Crippen LogP contribution in [0.3, 0.4) is 0 Å². The van der Waals surface area contributed by atoms with E-state index in [1.807, 2.05) is 117 Å². The van der Waals surface area contributed by atoms with Gasteiger partial charge in [-0.25, -0.2) is 0 Å². The van der Waals surface area contributed by atoms with E-state index in [1.165, 1.54) is 0 Å². The number of nitrogens with zero attached hydrogens (tertiary/aromatic N) is 4. The van der Waals surface area contributed by atoms with E-state index in [4.69, 9.17) is 24.7 Å². The molecule has 1 aromatic rings. The lowest BCUT2D eigenvalue weighted by Gasteiger charge is -2.37. The monoisotopic (exact) mass is 762 g/mol. The predicted molar refractivity (Wildman–Crippen MR) is 212 cm³/mol. The number of esters is 4. The van der Waals surface area contributed by atoms with Crippen LogP contribution in [-0.2, 0) is 44.5 Å².